The topological polar surface area (TPSA) is 46.9 Å². The van der Waals surface area contributed by atoms with Crippen molar-refractivity contribution in [3.8, 4) is 0 Å². The molecule has 0 bridgehead atoms. The molecule has 1 aromatic carbocycles. The number of nitrogens with zero attached hydrogens (tertiary/aromatic N) is 2. The molecule has 0 radical (unpaired) electrons. The standard InChI is InChI=1S/C14H16ClN3O/c1-3-10-7-5-6-8-12(10)16-14(19)13-11(15)9-18(4-2)17-13/h5-9H,3-4H2,1-2H3,(H,16,19). The van der Waals surface area contributed by atoms with Gasteiger partial charge in [-0.1, -0.05) is 36.7 Å². The highest BCUT2D eigenvalue weighted by Gasteiger charge is 2.16. The zero-order chi connectivity index (χ0) is 13.8. The number of carbonyl (C=O) groups excluding carboxylic acids is 1. The normalized spacial score (nSPS) is 10.5. The molecular weight excluding hydrogens is 262 g/mol. The number of aryl methyl sites for hydroxylation is 2. The van der Waals surface area contributed by atoms with Gasteiger partial charge in [-0.2, -0.15) is 5.10 Å². The molecule has 5 heteroatoms. The summed E-state index contributed by atoms with van der Waals surface area (Å²) in [5, 5.41) is 7.38. The second kappa shape index (κ2) is 5.89. The van der Waals surface area contributed by atoms with Gasteiger partial charge in [0.25, 0.3) is 5.91 Å². The third-order valence-corrected chi connectivity index (χ3v) is 3.18. The van der Waals surface area contributed by atoms with Crippen molar-refractivity contribution in [3.63, 3.8) is 0 Å². The Balaban J connectivity index is 2.23. The molecule has 1 N–H and O–H groups in total. The maximum atomic E-state index is 12.2. The van der Waals surface area contributed by atoms with Gasteiger partial charge in [-0.25, -0.2) is 0 Å². The van der Waals surface area contributed by atoms with E-state index >= 15 is 0 Å². The lowest BCUT2D eigenvalue weighted by molar-refractivity contribution is 0.102. The van der Waals surface area contributed by atoms with Crippen molar-refractivity contribution in [1.82, 2.24) is 9.78 Å². The van der Waals surface area contributed by atoms with Gasteiger partial charge in [-0.15, -0.1) is 0 Å². The highest BCUT2D eigenvalue weighted by Crippen LogP contribution is 2.19. The highest BCUT2D eigenvalue weighted by atomic mass is 35.5. The largest absolute Gasteiger partial charge is 0.320 e. The van der Waals surface area contributed by atoms with Gasteiger partial charge in [0.2, 0.25) is 0 Å². The second-order valence-electron chi connectivity index (χ2n) is 4.15. The van der Waals surface area contributed by atoms with Crippen LogP contribution in [0, 0.1) is 0 Å². The van der Waals surface area contributed by atoms with Crippen molar-refractivity contribution in [1.29, 1.82) is 0 Å². The molecule has 0 aliphatic carbocycles. The summed E-state index contributed by atoms with van der Waals surface area (Å²) in [6.45, 7) is 4.67. The van der Waals surface area contributed by atoms with E-state index < -0.39 is 0 Å². The molecule has 100 valence electrons. The lowest BCUT2D eigenvalue weighted by Gasteiger charge is -2.08. The van der Waals surface area contributed by atoms with E-state index in [1.165, 1.54) is 0 Å². The first-order chi connectivity index (χ1) is 9.15. The van der Waals surface area contributed by atoms with Gasteiger partial charge in [0.15, 0.2) is 5.69 Å². The van der Waals surface area contributed by atoms with Crippen LogP contribution in [0.2, 0.25) is 5.02 Å². The molecule has 0 aliphatic heterocycles. The Kier molecular flexibility index (Phi) is 4.22. The van der Waals surface area contributed by atoms with E-state index in [1.54, 1.807) is 10.9 Å². The second-order valence-corrected chi connectivity index (χ2v) is 4.55. The number of amides is 1. The van der Waals surface area contributed by atoms with Crippen LogP contribution in [0.25, 0.3) is 0 Å². The Morgan fingerprint density at radius 1 is 1.37 bits per heavy atom. The smallest absolute Gasteiger partial charge is 0.277 e. The van der Waals surface area contributed by atoms with Crippen LogP contribution in [0.1, 0.15) is 29.9 Å². The monoisotopic (exact) mass is 277 g/mol. The van der Waals surface area contributed by atoms with Gasteiger partial charge < -0.3 is 5.32 Å². The number of nitrogens with one attached hydrogen (secondary N) is 1. The average molecular weight is 278 g/mol. The van der Waals surface area contributed by atoms with E-state index in [2.05, 4.69) is 10.4 Å². The van der Waals surface area contributed by atoms with E-state index in [4.69, 9.17) is 11.6 Å². The van der Waals surface area contributed by atoms with Gasteiger partial charge in [0.05, 0.1) is 5.02 Å². The number of hydrogen-bond acceptors (Lipinski definition) is 2. The number of benzene rings is 1. The molecular formula is C14H16ClN3O. The summed E-state index contributed by atoms with van der Waals surface area (Å²) in [5.74, 6) is -0.280. The van der Waals surface area contributed by atoms with Crippen molar-refractivity contribution in [2.24, 2.45) is 0 Å². The van der Waals surface area contributed by atoms with Crippen molar-refractivity contribution in [2.45, 2.75) is 26.8 Å². The Bertz CT molecular complexity index is 592. The SMILES string of the molecule is CCc1ccccc1NC(=O)c1nn(CC)cc1Cl. The quantitative estimate of drug-likeness (QED) is 0.931. The van der Waals surface area contributed by atoms with Gasteiger partial charge >= 0.3 is 0 Å². The van der Waals surface area contributed by atoms with Crippen LogP contribution in [-0.2, 0) is 13.0 Å². The van der Waals surface area contributed by atoms with Crippen molar-refractivity contribution in [3.05, 3.63) is 46.7 Å². The molecule has 0 saturated heterocycles. The van der Waals surface area contributed by atoms with E-state index in [9.17, 15) is 4.79 Å². The predicted molar refractivity (Wildman–Crippen MR) is 76.7 cm³/mol. The Morgan fingerprint density at radius 3 is 2.74 bits per heavy atom. The molecule has 2 rings (SSSR count). The summed E-state index contributed by atoms with van der Waals surface area (Å²) < 4.78 is 1.64. The third-order valence-electron chi connectivity index (χ3n) is 2.90. The van der Waals surface area contributed by atoms with Crippen LogP contribution in [0.3, 0.4) is 0 Å². The van der Waals surface area contributed by atoms with E-state index in [0.717, 1.165) is 17.7 Å². The Labute approximate surface area is 117 Å². The first-order valence-electron chi connectivity index (χ1n) is 6.27. The predicted octanol–water partition coefficient (Wildman–Crippen LogP) is 3.37. The molecule has 1 heterocycles. The summed E-state index contributed by atoms with van der Waals surface area (Å²) in [6, 6.07) is 7.71. The van der Waals surface area contributed by atoms with Gasteiger partial charge in [-0.05, 0) is 25.0 Å². The van der Waals surface area contributed by atoms with E-state index in [-0.39, 0.29) is 11.6 Å². The molecule has 1 amide bonds. The van der Waals surface area contributed by atoms with Crippen molar-refractivity contribution in [2.75, 3.05) is 5.32 Å². The number of aromatic nitrogens is 2. The first kappa shape index (κ1) is 13.6. The Hall–Kier alpha value is -1.81. The van der Waals surface area contributed by atoms with Crippen LogP contribution in [0.4, 0.5) is 5.69 Å². The van der Waals surface area contributed by atoms with Gasteiger partial charge in [0.1, 0.15) is 0 Å². The molecule has 4 nitrogen and oxygen atoms in total. The number of halogens is 1. The summed E-state index contributed by atoms with van der Waals surface area (Å²) in [6.07, 6.45) is 2.51. The van der Waals surface area contributed by atoms with Crippen LogP contribution in [-0.4, -0.2) is 15.7 Å². The van der Waals surface area contributed by atoms with Gasteiger partial charge in [-0.3, -0.25) is 9.48 Å². The molecule has 0 unspecified atom stereocenters. The average Bonchev–Trinajstić information content (AvgIpc) is 2.80. The van der Waals surface area contributed by atoms with Crippen molar-refractivity contribution < 1.29 is 4.79 Å². The van der Waals surface area contributed by atoms with Crippen molar-refractivity contribution >= 4 is 23.2 Å². The van der Waals surface area contributed by atoms with E-state index in [0.29, 0.717) is 11.6 Å². The molecule has 0 aliphatic rings. The zero-order valence-electron chi connectivity index (χ0n) is 11.0. The lowest BCUT2D eigenvalue weighted by atomic mass is 10.1. The minimum Gasteiger partial charge on any atom is -0.320 e. The number of para-hydroxylation sites is 1. The fourth-order valence-corrected chi connectivity index (χ4v) is 2.08. The van der Waals surface area contributed by atoms with Crippen LogP contribution in [0.15, 0.2) is 30.5 Å². The molecule has 1 aromatic heterocycles. The first-order valence-corrected chi connectivity index (χ1v) is 6.65. The third kappa shape index (κ3) is 2.96. The zero-order valence-corrected chi connectivity index (χ0v) is 11.7. The summed E-state index contributed by atoms with van der Waals surface area (Å²) in [7, 11) is 0. The number of carbonyl (C=O) groups is 1. The minimum atomic E-state index is -0.280. The molecule has 0 saturated carbocycles. The molecule has 0 atom stereocenters. The maximum absolute atomic E-state index is 12.2. The van der Waals surface area contributed by atoms with Gasteiger partial charge in [0, 0.05) is 18.4 Å². The number of rotatable bonds is 4. The minimum absolute atomic E-state index is 0.259. The number of anilines is 1. The molecule has 2 aromatic rings. The van der Waals surface area contributed by atoms with E-state index in [1.807, 2.05) is 38.1 Å². The van der Waals surface area contributed by atoms with Crippen LogP contribution in [0.5, 0.6) is 0 Å². The van der Waals surface area contributed by atoms with Crippen LogP contribution < -0.4 is 5.32 Å². The fraction of sp³-hybridized carbons (Fsp3) is 0.286. The number of hydrogen-bond donors (Lipinski definition) is 1. The van der Waals surface area contributed by atoms with Crippen LogP contribution >= 0.6 is 11.6 Å². The fourth-order valence-electron chi connectivity index (χ4n) is 1.84. The highest BCUT2D eigenvalue weighted by molar-refractivity contribution is 6.34. The Morgan fingerprint density at radius 2 is 2.11 bits per heavy atom. The summed E-state index contributed by atoms with van der Waals surface area (Å²) >= 11 is 6.01. The summed E-state index contributed by atoms with van der Waals surface area (Å²) in [4.78, 5) is 12.2. The summed E-state index contributed by atoms with van der Waals surface area (Å²) in [5.41, 5.74) is 2.15. The lowest BCUT2D eigenvalue weighted by Crippen LogP contribution is -2.14. The maximum Gasteiger partial charge on any atom is 0.277 e. The molecule has 0 spiro atoms. The molecule has 19 heavy (non-hydrogen) atoms. The molecule has 0 fully saturated rings.